The third-order valence-electron chi connectivity index (χ3n) is 3.42. The molecule has 24 heavy (non-hydrogen) atoms. The van der Waals surface area contributed by atoms with Gasteiger partial charge in [0, 0.05) is 20.6 Å². The van der Waals surface area contributed by atoms with Crippen LogP contribution in [0.3, 0.4) is 0 Å². The van der Waals surface area contributed by atoms with Crippen molar-refractivity contribution in [3.05, 3.63) is 73.6 Å². The van der Waals surface area contributed by atoms with Crippen LogP contribution in [0.2, 0.25) is 15.1 Å². The number of amides is 2. The van der Waals surface area contributed by atoms with E-state index in [-0.39, 0.29) is 17.7 Å². The lowest BCUT2D eigenvalue weighted by Crippen LogP contribution is -2.27. The molecule has 0 aromatic heterocycles. The molecule has 7 heteroatoms. The van der Waals surface area contributed by atoms with Crippen LogP contribution in [-0.4, -0.2) is 16.0 Å². The maximum absolute atomic E-state index is 12.5. The van der Waals surface area contributed by atoms with Gasteiger partial charge in [-0.2, -0.15) is 0 Å². The van der Waals surface area contributed by atoms with Crippen molar-refractivity contribution in [3.63, 3.8) is 0 Å². The van der Waals surface area contributed by atoms with E-state index in [1.807, 2.05) is 0 Å². The molecule has 122 valence electrons. The molecule has 0 N–H and O–H groups in total. The molecule has 3 rings (SSSR count). The molecule has 1 fully saturated rings. The van der Waals surface area contributed by atoms with Gasteiger partial charge in [-0.05, 0) is 47.7 Å². The van der Waals surface area contributed by atoms with Crippen LogP contribution in [0, 0.1) is 0 Å². The predicted octanol–water partition coefficient (Wildman–Crippen LogP) is 5.88. The Hall–Kier alpha value is -1.46. The monoisotopic (exact) mass is 397 g/mol. The highest BCUT2D eigenvalue weighted by Crippen LogP contribution is 2.35. The number of nitrogens with zero attached hydrogens (tertiary/aromatic N) is 1. The summed E-state index contributed by atoms with van der Waals surface area (Å²) in [5, 5.41) is 1.09. The summed E-state index contributed by atoms with van der Waals surface area (Å²) in [6, 6.07) is 12.1. The molecule has 0 aliphatic carbocycles. The molecule has 0 spiro atoms. The number of halogens is 3. The smallest absolute Gasteiger partial charge is 0.268 e. The lowest BCUT2D eigenvalue weighted by Gasteiger charge is -2.14. The summed E-state index contributed by atoms with van der Waals surface area (Å²) >= 11 is 19.0. The highest BCUT2D eigenvalue weighted by molar-refractivity contribution is 8.18. The summed E-state index contributed by atoms with van der Waals surface area (Å²) in [6.07, 6.45) is 1.66. The van der Waals surface area contributed by atoms with Gasteiger partial charge in [0.25, 0.3) is 11.1 Å². The van der Waals surface area contributed by atoms with Gasteiger partial charge in [-0.15, -0.1) is 0 Å². The minimum Gasteiger partial charge on any atom is -0.268 e. The minimum absolute atomic E-state index is 0.0428. The van der Waals surface area contributed by atoms with Crippen molar-refractivity contribution in [1.82, 2.24) is 4.90 Å². The highest BCUT2D eigenvalue weighted by Gasteiger charge is 2.35. The largest absolute Gasteiger partial charge is 0.293 e. The highest BCUT2D eigenvalue weighted by atomic mass is 35.5. The zero-order valence-corrected chi connectivity index (χ0v) is 15.2. The fourth-order valence-electron chi connectivity index (χ4n) is 2.19. The van der Waals surface area contributed by atoms with Crippen molar-refractivity contribution in [2.24, 2.45) is 0 Å². The number of hydrogen-bond donors (Lipinski definition) is 0. The van der Waals surface area contributed by atoms with Gasteiger partial charge in [-0.25, -0.2) is 0 Å². The second-order valence-corrected chi connectivity index (χ2v) is 7.26. The van der Waals surface area contributed by atoms with E-state index < -0.39 is 0 Å². The molecule has 3 nitrogen and oxygen atoms in total. The first kappa shape index (κ1) is 17.4. The molecule has 0 saturated carbocycles. The molecular formula is C17H10Cl3NO2S. The van der Waals surface area contributed by atoms with Gasteiger partial charge >= 0.3 is 0 Å². The first-order chi connectivity index (χ1) is 11.5. The van der Waals surface area contributed by atoms with Crippen LogP contribution in [0.1, 0.15) is 11.1 Å². The van der Waals surface area contributed by atoms with E-state index in [1.54, 1.807) is 48.5 Å². The molecule has 1 aliphatic heterocycles. The van der Waals surface area contributed by atoms with Crippen molar-refractivity contribution >= 4 is 63.8 Å². The molecule has 2 aromatic carbocycles. The van der Waals surface area contributed by atoms with E-state index in [2.05, 4.69) is 0 Å². The Morgan fingerprint density at radius 3 is 2.21 bits per heavy atom. The van der Waals surface area contributed by atoms with Gasteiger partial charge < -0.3 is 0 Å². The van der Waals surface area contributed by atoms with E-state index in [1.165, 1.54) is 0 Å². The number of hydrogen-bond acceptors (Lipinski definition) is 3. The van der Waals surface area contributed by atoms with Crippen LogP contribution in [0.15, 0.2) is 47.4 Å². The lowest BCUT2D eigenvalue weighted by atomic mass is 10.2. The zero-order chi connectivity index (χ0) is 17.3. The first-order valence-electron chi connectivity index (χ1n) is 6.89. The number of carbonyl (C=O) groups is 2. The number of imide groups is 1. The average Bonchev–Trinajstić information content (AvgIpc) is 2.80. The van der Waals surface area contributed by atoms with E-state index >= 15 is 0 Å². The molecule has 0 unspecified atom stereocenters. The summed E-state index contributed by atoms with van der Waals surface area (Å²) in [7, 11) is 0. The number of carbonyl (C=O) groups excluding carboxylic acids is 2. The van der Waals surface area contributed by atoms with Crippen LogP contribution >= 0.6 is 46.6 Å². The summed E-state index contributed by atoms with van der Waals surface area (Å²) in [4.78, 5) is 26.2. The molecule has 0 bridgehead atoms. The van der Waals surface area contributed by atoms with Gasteiger partial charge in [0.2, 0.25) is 0 Å². The van der Waals surface area contributed by atoms with Crippen LogP contribution in [0.4, 0.5) is 4.79 Å². The number of thioether (sulfide) groups is 1. The lowest BCUT2D eigenvalue weighted by molar-refractivity contribution is -0.123. The Kier molecular flexibility index (Phi) is 5.21. The Balaban J connectivity index is 1.85. The van der Waals surface area contributed by atoms with E-state index in [4.69, 9.17) is 34.8 Å². The van der Waals surface area contributed by atoms with Crippen LogP contribution < -0.4 is 0 Å². The Labute approximate surface area is 158 Å². The maximum atomic E-state index is 12.5. The Morgan fingerprint density at radius 1 is 0.958 bits per heavy atom. The first-order valence-corrected chi connectivity index (χ1v) is 8.84. The summed E-state index contributed by atoms with van der Waals surface area (Å²) in [6.45, 7) is 0.0428. The van der Waals surface area contributed by atoms with Crippen molar-refractivity contribution in [2.45, 2.75) is 6.54 Å². The zero-order valence-electron chi connectivity index (χ0n) is 12.1. The molecule has 1 saturated heterocycles. The quantitative estimate of drug-likeness (QED) is 0.606. The van der Waals surface area contributed by atoms with Crippen molar-refractivity contribution in [1.29, 1.82) is 0 Å². The second kappa shape index (κ2) is 7.19. The normalized spacial score (nSPS) is 16.3. The number of benzene rings is 2. The molecule has 1 heterocycles. The van der Waals surface area contributed by atoms with Crippen LogP contribution in [0.5, 0.6) is 0 Å². The maximum Gasteiger partial charge on any atom is 0.293 e. The fraction of sp³-hybridized carbons (Fsp3) is 0.0588. The third kappa shape index (κ3) is 3.62. The minimum atomic E-state index is -0.365. The molecule has 0 radical (unpaired) electrons. The van der Waals surface area contributed by atoms with Crippen LogP contribution in [-0.2, 0) is 11.3 Å². The predicted molar refractivity (Wildman–Crippen MR) is 99.4 cm³/mol. The molecule has 1 aliphatic rings. The second-order valence-electron chi connectivity index (χ2n) is 5.02. The SMILES string of the molecule is O=C1S/C(=C/c2ccc(Cl)cc2)C(=O)N1Cc1c(Cl)cccc1Cl. The van der Waals surface area contributed by atoms with Crippen molar-refractivity contribution < 1.29 is 9.59 Å². The Morgan fingerprint density at radius 2 is 1.58 bits per heavy atom. The summed E-state index contributed by atoms with van der Waals surface area (Å²) in [5.74, 6) is -0.365. The summed E-state index contributed by atoms with van der Waals surface area (Å²) in [5.41, 5.74) is 1.34. The third-order valence-corrected chi connectivity index (χ3v) is 5.29. The molecular weight excluding hydrogens is 389 g/mol. The standard InChI is InChI=1S/C17H10Cl3NO2S/c18-11-6-4-10(5-7-11)8-15-16(22)21(17(23)24-15)9-12-13(19)2-1-3-14(12)20/h1-8H,9H2/b15-8+. The Bertz CT molecular complexity index is 829. The van der Waals surface area contributed by atoms with Gasteiger partial charge in [-0.3, -0.25) is 14.5 Å². The van der Waals surface area contributed by atoms with E-state index in [0.717, 1.165) is 22.2 Å². The van der Waals surface area contributed by atoms with Gasteiger partial charge in [-0.1, -0.05) is 53.0 Å². The molecule has 2 amide bonds. The fourth-order valence-corrected chi connectivity index (χ4v) is 3.67. The molecule has 0 atom stereocenters. The van der Waals surface area contributed by atoms with Gasteiger partial charge in [0.15, 0.2) is 0 Å². The van der Waals surface area contributed by atoms with Gasteiger partial charge in [0.1, 0.15) is 0 Å². The van der Waals surface area contributed by atoms with Crippen molar-refractivity contribution in [2.75, 3.05) is 0 Å². The molecule has 2 aromatic rings. The summed E-state index contributed by atoms with van der Waals surface area (Å²) < 4.78 is 0. The van der Waals surface area contributed by atoms with Crippen molar-refractivity contribution in [3.8, 4) is 0 Å². The number of rotatable bonds is 3. The van der Waals surface area contributed by atoms with E-state index in [0.29, 0.717) is 25.5 Å². The average molecular weight is 399 g/mol. The van der Waals surface area contributed by atoms with Gasteiger partial charge in [0.05, 0.1) is 11.4 Å². The van der Waals surface area contributed by atoms with E-state index in [9.17, 15) is 9.59 Å². The topological polar surface area (TPSA) is 37.4 Å². The van der Waals surface area contributed by atoms with Crippen LogP contribution in [0.25, 0.3) is 6.08 Å².